The highest BCUT2D eigenvalue weighted by atomic mass is 16.3. The van der Waals surface area contributed by atoms with Crippen LogP contribution in [0.2, 0.25) is 0 Å². The van der Waals surface area contributed by atoms with Gasteiger partial charge in [-0.05, 0) is 25.8 Å². The molecular weight excluding hydrogens is 180 g/mol. The lowest BCUT2D eigenvalue weighted by Gasteiger charge is -2.28. The predicted molar refractivity (Wildman–Crippen MR) is 54.7 cm³/mol. The first kappa shape index (κ1) is 11.5. The summed E-state index contributed by atoms with van der Waals surface area (Å²) in [5.74, 6) is 0.0152. The van der Waals surface area contributed by atoms with Gasteiger partial charge in [0.25, 0.3) is 0 Å². The van der Waals surface area contributed by atoms with Crippen LogP contribution in [0.3, 0.4) is 0 Å². The number of rotatable bonds is 4. The van der Waals surface area contributed by atoms with Crippen LogP contribution in [0.15, 0.2) is 0 Å². The van der Waals surface area contributed by atoms with Crippen LogP contribution in [0, 0.1) is 0 Å². The molecule has 82 valence electrons. The van der Waals surface area contributed by atoms with E-state index in [4.69, 9.17) is 5.73 Å². The van der Waals surface area contributed by atoms with Gasteiger partial charge in [-0.3, -0.25) is 4.79 Å². The van der Waals surface area contributed by atoms with E-state index in [-0.39, 0.29) is 18.1 Å². The normalized spacial score (nSPS) is 27.3. The summed E-state index contributed by atoms with van der Waals surface area (Å²) in [5.41, 5.74) is 5.31. The van der Waals surface area contributed by atoms with E-state index >= 15 is 0 Å². The van der Waals surface area contributed by atoms with Crippen LogP contribution >= 0.6 is 0 Å². The van der Waals surface area contributed by atoms with Gasteiger partial charge in [0.15, 0.2) is 0 Å². The third-order valence-corrected chi connectivity index (χ3v) is 2.68. The fourth-order valence-corrected chi connectivity index (χ4v) is 1.82. The average molecular weight is 200 g/mol. The van der Waals surface area contributed by atoms with E-state index in [2.05, 4.69) is 5.32 Å². The molecule has 0 bridgehead atoms. The summed E-state index contributed by atoms with van der Waals surface area (Å²) in [4.78, 5) is 11.3. The summed E-state index contributed by atoms with van der Waals surface area (Å²) in [6.07, 6.45) is 4.70. The molecule has 0 aromatic heterocycles. The van der Waals surface area contributed by atoms with Crippen molar-refractivity contribution in [3.63, 3.8) is 0 Å². The number of hydrogen-bond acceptors (Lipinski definition) is 3. The summed E-state index contributed by atoms with van der Waals surface area (Å²) < 4.78 is 0. The second-order valence-electron chi connectivity index (χ2n) is 3.92. The molecule has 0 unspecified atom stereocenters. The number of carbonyl (C=O) groups is 1. The molecule has 1 fully saturated rings. The van der Waals surface area contributed by atoms with Gasteiger partial charge in [-0.15, -0.1) is 0 Å². The van der Waals surface area contributed by atoms with Crippen molar-refractivity contribution in [2.24, 2.45) is 5.73 Å². The molecule has 1 aliphatic rings. The van der Waals surface area contributed by atoms with Crippen molar-refractivity contribution in [3.05, 3.63) is 0 Å². The Labute approximate surface area is 84.9 Å². The summed E-state index contributed by atoms with van der Waals surface area (Å²) in [5, 5.41) is 12.5. The maximum Gasteiger partial charge on any atom is 0.220 e. The second kappa shape index (κ2) is 5.98. The largest absolute Gasteiger partial charge is 0.391 e. The monoisotopic (exact) mass is 200 g/mol. The molecule has 1 saturated carbocycles. The summed E-state index contributed by atoms with van der Waals surface area (Å²) in [6, 6.07) is -0.0333. The third kappa shape index (κ3) is 3.64. The van der Waals surface area contributed by atoms with E-state index in [0.717, 1.165) is 25.7 Å². The van der Waals surface area contributed by atoms with Crippen LogP contribution in [-0.4, -0.2) is 29.7 Å². The molecule has 4 nitrogen and oxygen atoms in total. The smallest absolute Gasteiger partial charge is 0.220 e. The van der Waals surface area contributed by atoms with Crippen molar-refractivity contribution < 1.29 is 9.90 Å². The maximum atomic E-state index is 11.3. The zero-order valence-electron chi connectivity index (χ0n) is 8.54. The average Bonchev–Trinajstić information content (AvgIpc) is 2.18. The molecule has 1 amide bonds. The highest BCUT2D eigenvalue weighted by Gasteiger charge is 2.23. The molecule has 4 heteroatoms. The number of hydrogen-bond donors (Lipinski definition) is 3. The van der Waals surface area contributed by atoms with Crippen molar-refractivity contribution in [2.75, 3.05) is 6.54 Å². The van der Waals surface area contributed by atoms with Gasteiger partial charge in [0.1, 0.15) is 0 Å². The summed E-state index contributed by atoms with van der Waals surface area (Å²) in [7, 11) is 0. The van der Waals surface area contributed by atoms with Gasteiger partial charge in [-0.25, -0.2) is 0 Å². The lowest BCUT2D eigenvalue weighted by molar-refractivity contribution is -0.123. The van der Waals surface area contributed by atoms with Gasteiger partial charge in [0, 0.05) is 6.42 Å². The number of aliphatic hydroxyl groups is 1. The zero-order valence-corrected chi connectivity index (χ0v) is 8.54. The molecule has 0 saturated heterocycles. The maximum absolute atomic E-state index is 11.3. The Kier molecular flexibility index (Phi) is 4.90. The molecule has 0 radical (unpaired) electrons. The van der Waals surface area contributed by atoms with Gasteiger partial charge in [-0.1, -0.05) is 12.8 Å². The van der Waals surface area contributed by atoms with E-state index < -0.39 is 0 Å². The Morgan fingerprint density at radius 3 is 2.79 bits per heavy atom. The molecule has 14 heavy (non-hydrogen) atoms. The fourth-order valence-electron chi connectivity index (χ4n) is 1.82. The Morgan fingerprint density at radius 2 is 2.14 bits per heavy atom. The van der Waals surface area contributed by atoms with Crippen LogP contribution in [0.1, 0.15) is 38.5 Å². The molecular formula is C10H20N2O2. The van der Waals surface area contributed by atoms with Gasteiger partial charge >= 0.3 is 0 Å². The Morgan fingerprint density at radius 1 is 1.43 bits per heavy atom. The minimum Gasteiger partial charge on any atom is -0.391 e. The first-order valence-corrected chi connectivity index (χ1v) is 5.41. The van der Waals surface area contributed by atoms with Crippen LogP contribution in [-0.2, 0) is 4.79 Å². The van der Waals surface area contributed by atoms with Gasteiger partial charge in [-0.2, -0.15) is 0 Å². The lowest BCUT2D eigenvalue weighted by Crippen LogP contribution is -2.45. The summed E-state index contributed by atoms with van der Waals surface area (Å²) >= 11 is 0. The molecule has 1 rings (SSSR count). The minimum absolute atomic E-state index is 0.0152. The number of amides is 1. The summed E-state index contributed by atoms with van der Waals surface area (Å²) in [6.45, 7) is 0.542. The van der Waals surface area contributed by atoms with Crippen molar-refractivity contribution in [1.82, 2.24) is 5.32 Å². The molecule has 0 spiro atoms. The molecule has 1 aliphatic carbocycles. The van der Waals surface area contributed by atoms with E-state index in [9.17, 15) is 9.90 Å². The SMILES string of the molecule is NCCCC(=O)N[C@H]1CCCC[C@@H]1O. The van der Waals surface area contributed by atoms with Gasteiger partial charge < -0.3 is 16.2 Å². The predicted octanol–water partition coefficient (Wildman–Crippen LogP) is 0.145. The van der Waals surface area contributed by atoms with E-state index in [1.807, 2.05) is 0 Å². The molecule has 0 aliphatic heterocycles. The van der Waals surface area contributed by atoms with E-state index in [1.165, 1.54) is 0 Å². The van der Waals surface area contributed by atoms with E-state index in [0.29, 0.717) is 19.4 Å². The van der Waals surface area contributed by atoms with Crippen molar-refractivity contribution in [3.8, 4) is 0 Å². The van der Waals surface area contributed by atoms with Crippen LogP contribution < -0.4 is 11.1 Å². The number of nitrogens with one attached hydrogen (secondary N) is 1. The molecule has 4 N–H and O–H groups in total. The number of nitrogens with two attached hydrogens (primary N) is 1. The van der Waals surface area contributed by atoms with Crippen LogP contribution in [0.4, 0.5) is 0 Å². The Hall–Kier alpha value is -0.610. The van der Waals surface area contributed by atoms with Gasteiger partial charge in [0.05, 0.1) is 12.1 Å². The van der Waals surface area contributed by atoms with Crippen molar-refractivity contribution >= 4 is 5.91 Å². The fraction of sp³-hybridized carbons (Fsp3) is 0.900. The number of carbonyl (C=O) groups excluding carboxylic acids is 1. The first-order chi connectivity index (χ1) is 6.74. The topological polar surface area (TPSA) is 75.4 Å². The number of aliphatic hydroxyl groups excluding tert-OH is 1. The van der Waals surface area contributed by atoms with Crippen LogP contribution in [0.5, 0.6) is 0 Å². The van der Waals surface area contributed by atoms with E-state index in [1.54, 1.807) is 0 Å². The Bertz CT molecular complexity index is 185. The highest BCUT2D eigenvalue weighted by Crippen LogP contribution is 2.18. The third-order valence-electron chi connectivity index (χ3n) is 2.68. The van der Waals surface area contributed by atoms with Crippen LogP contribution in [0.25, 0.3) is 0 Å². The highest BCUT2D eigenvalue weighted by molar-refractivity contribution is 5.76. The van der Waals surface area contributed by atoms with Crippen molar-refractivity contribution in [2.45, 2.75) is 50.7 Å². The lowest BCUT2D eigenvalue weighted by atomic mass is 9.92. The molecule has 0 aromatic rings. The Balaban J connectivity index is 2.23. The minimum atomic E-state index is -0.356. The zero-order chi connectivity index (χ0) is 10.4. The standard InChI is InChI=1S/C10H20N2O2/c11-7-3-6-10(14)12-8-4-1-2-5-9(8)13/h8-9,13H,1-7,11H2,(H,12,14)/t8-,9-/m0/s1. The molecule has 2 atom stereocenters. The molecule has 0 heterocycles. The van der Waals surface area contributed by atoms with Crippen molar-refractivity contribution in [1.29, 1.82) is 0 Å². The first-order valence-electron chi connectivity index (χ1n) is 5.41. The molecule has 0 aromatic carbocycles. The quantitative estimate of drug-likeness (QED) is 0.604. The second-order valence-corrected chi connectivity index (χ2v) is 3.92. The van der Waals surface area contributed by atoms with Gasteiger partial charge in [0.2, 0.25) is 5.91 Å².